The highest BCUT2D eigenvalue weighted by Crippen LogP contribution is 2.46. The zero-order valence-corrected chi connectivity index (χ0v) is 17.2. The van der Waals surface area contributed by atoms with Crippen LogP contribution in [0.1, 0.15) is 28.9 Å². The summed E-state index contributed by atoms with van der Waals surface area (Å²) in [5.41, 5.74) is 2.84. The van der Waals surface area contributed by atoms with Gasteiger partial charge in [0.25, 0.3) is 5.91 Å². The van der Waals surface area contributed by atoms with Crippen molar-refractivity contribution in [1.29, 1.82) is 0 Å². The molecule has 6 nitrogen and oxygen atoms in total. The molecule has 30 heavy (non-hydrogen) atoms. The number of aromatic nitrogens is 2. The number of benzene rings is 2. The zero-order chi connectivity index (χ0) is 20.9. The van der Waals surface area contributed by atoms with E-state index in [1.165, 1.54) is 0 Å². The number of likely N-dealkylation sites (tertiary alicyclic amines) is 1. The second-order valence-electron chi connectivity index (χ2n) is 8.19. The Morgan fingerprint density at radius 1 is 1.03 bits per heavy atom. The molecule has 0 aliphatic carbocycles. The van der Waals surface area contributed by atoms with Gasteiger partial charge in [0.15, 0.2) is 0 Å². The van der Waals surface area contributed by atoms with E-state index in [2.05, 4.69) is 4.98 Å². The fourth-order valence-electron chi connectivity index (χ4n) is 4.97. The second kappa shape index (κ2) is 6.83. The van der Waals surface area contributed by atoms with Gasteiger partial charge in [-0.3, -0.25) is 9.59 Å². The molecule has 3 heterocycles. The summed E-state index contributed by atoms with van der Waals surface area (Å²) in [7, 11) is 3.69. The van der Waals surface area contributed by atoms with Crippen molar-refractivity contribution in [3.8, 4) is 11.4 Å². The molecule has 2 aliphatic heterocycles. The third-order valence-electron chi connectivity index (χ3n) is 6.51. The van der Waals surface area contributed by atoms with Crippen molar-refractivity contribution in [1.82, 2.24) is 14.5 Å². The van der Waals surface area contributed by atoms with Crippen LogP contribution in [0.2, 0.25) is 0 Å². The van der Waals surface area contributed by atoms with Gasteiger partial charge in [0.1, 0.15) is 11.5 Å². The summed E-state index contributed by atoms with van der Waals surface area (Å²) in [6.45, 7) is 1.05. The summed E-state index contributed by atoms with van der Waals surface area (Å²) in [4.78, 5) is 34.8. The molecule has 1 fully saturated rings. The highest BCUT2D eigenvalue weighted by atomic mass is 16.2. The quantitative estimate of drug-likeness (QED) is 0.664. The molecule has 6 heteroatoms. The average molecular weight is 400 g/mol. The van der Waals surface area contributed by atoms with Crippen molar-refractivity contribution in [3.63, 3.8) is 0 Å². The predicted octanol–water partition coefficient (Wildman–Crippen LogP) is 3.24. The minimum Gasteiger partial charge on any atom is -0.336 e. The Bertz CT molecular complexity index is 1140. The van der Waals surface area contributed by atoms with Gasteiger partial charge in [-0.1, -0.05) is 48.5 Å². The Kier molecular flexibility index (Phi) is 4.24. The van der Waals surface area contributed by atoms with Gasteiger partial charge in [0, 0.05) is 38.4 Å². The minimum absolute atomic E-state index is 0.0777. The summed E-state index contributed by atoms with van der Waals surface area (Å²) in [6.07, 6.45) is 3.20. The van der Waals surface area contributed by atoms with E-state index in [1.54, 1.807) is 11.1 Å². The van der Waals surface area contributed by atoms with Gasteiger partial charge in [-0.15, -0.1) is 0 Å². The predicted molar refractivity (Wildman–Crippen MR) is 115 cm³/mol. The first kappa shape index (κ1) is 18.6. The molecule has 152 valence electrons. The molecule has 5 rings (SSSR count). The number of imidazole rings is 1. The van der Waals surface area contributed by atoms with E-state index < -0.39 is 5.41 Å². The molecule has 0 radical (unpaired) electrons. The number of carbonyl (C=O) groups is 2. The maximum absolute atomic E-state index is 13.4. The molecule has 1 aromatic heterocycles. The molecular weight excluding hydrogens is 376 g/mol. The molecule has 2 amide bonds. The number of piperidine rings is 1. The van der Waals surface area contributed by atoms with Crippen LogP contribution in [0, 0.1) is 0 Å². The number of hydrogen-bond donors (Lipinski definition) is 0. The lowest BCUT2D eigenvalue weighted by Crippen LogP contribution is -2.53. The lowest BCUT2D eigenvalue weighted by Gasteiger charge is -2.39. The molecule has 0 saturated carbocycles. The zero-order valence-electron chi connectivity index (χ0n) is 17.2. The van der Waals surface area contributed by atoms with E-state index in [9.17, 15) is 9.59 Å². The lowest BCUT2D eigenvalue weighted by molar-refractivity contribution is -0.124. The first-order valence-electron chi connectivity index (χ1n) is 10.3. The van der Waals surface area contributed by atoms with E-state index >= 15 is 0 Å². The van der Waals surface area contributed by atoms with Crippen molar-refractivity contribution < 1.29 is 9.59 Å². The highest BCUT2D eigenvalue weighted by molar-refractivity contribution is 6.08. The van der Waals surface area contributed by atoms with Crippen molar-refractivity contribution in [2.45, 2.75) is 18.3 Å². The molecule has 3 aromatic rings. The van der Waals surface area contributed by atoms with E-state index in [-0.39, 0.29) is 11.8 Å². The number of fused-ring (bicyclic) bond motifs is 2. The number of likely N-dealkylation sites (N-methyl/N-ethyl adjacent to an activating group) is 1. The van der Waals surface area contributed by atoms with Crippen LogP contribution in [0.5, 0.6) is 0 Å². The number of rotatable bonds is 2. The number of amides is 2. The molecule has 1 saturated heterocycles. The molecule has 2 aliphatic rings. The molecule has 1 atom stereocenters. The third kappa shape index (κ3) is 2.60. The van der Waals surface area contributed by atoms with Gasteiger partial charge in [-0.25, -0.2) is 4.98 Å². The van der Waals surface area contributed by atoms with Gasteiger partial charge in [0.2, 0.25) is 5.91 Å². The Hall–Kier alpha value is -3.41. The first-order valence-corrected chi connectivity index (χ1v) is 10.3. The largest absolute Gasteiger partial charge is 0.336 e. The highest BCUT2D eigenvalue weighted by Gasteiger charge is 2.52. The molecule has 0 bridgehead atoms. The Balaban J connectivity index is 1.48. The SMILES string of the molecule is CN1C(=O)C2(CCCN(C(=O)c3cnc(-c4ccccc4)n3C)C2)c2ccccc21. The lowest BCUT2D eigenvalue weighted by atomic mass is 9.75. The number of para-hydroxylation sites is 1. The van der Waals surface area contributed by atoms with E-state index in [1.807, 2.05) is 78.2 Å². The van der Waals surface area contributed by atoms with Crippen molar-refractivity contribution in [2.75, 3.05) is 25.0 Å². The van der Waals surface area contributed by atoms with E-state index in [0.29, 0.717) is 18.8 Å². The van der Waals surface area contributed by atoms with Crippen molar-refractivity contribution >= 4 is 17.5 Å². The van der Waals surface area contributed by atoms with Crippen molar-refractivity contribution in [2.24, 2.45) is 7.05 Å². The van der Waals surface area contributed by atoms with E-state index in [4.69, 9.17) is 0 Å². The number of hydrogen-bond acceptors (Lipinski definition) is 3. The summed E-state index contributed by atoms with van der Waals surface area (Å²) in [6, 6.07) is 17.8. The maximum atomic E-state index is 13.4. The summed E-state index contributed by atoms with van der Waals surface area (Å²) < 4.78 is 1.84. The molecule has 0 N–H and O–H groups in total. The van der Waals surface area contributed by atoms with Crippen LogP contribution in [0.4, 0.5) is 5.69 Å². The van der Waals surface area contributed by atoms with Gasteiger partial charge < -0.3 is 14.4 Å². The topological polar surface area (TPSA) is 58.4 Å². The molecule has 1 spiro atoms. The summed E-state index contributed by atoms with van der Waals surface area (Å²) in [5, 5.41) is 0. The number of carbonyl (C=O) groups excluding carboxylic acids is 2. The van der Waals surface area contributed by atoms with Crippen molar-refractivity contribution in [3.05, 3.63) is 72.1 Å². The van der Waals surface area contributed by atoms with Crippen LogP contribution in [0.15, 0.2) is 60.8 Å². The Morgan fingerprint density at radius 3 is 2.57 bits per heavy atom. The standard InChI is InChI=1S/C24H24N4O2/c1-26-20(15-25-21(26)17-9-4-3-5-10-17)22(29)28-14-8-13-24(16-28)18-11-6-7-12-19(18)27(2)23(24)30/h3-7,9-12,15H,8,13-14,16H2,1-2H3. The van der Waals surface area contributed by atoms with Crippen LogP contribution in [0.3, 0.4) is 0 Å². The average Bonchev–Trinajstić information content (AvgIpc) is 3.27. The van der Waals surface area contributed by atoms with Gasteiger partial charge in [0.05, 0.1) is 11.6 Å². The smallest absolute Gasteiger partial charge is 0.272 e. The Labute approximate surface area is 175 Å². The van der Waals surface area contributed by atoms with E-state index in [0.717, 1.165) is 35.5 Å². The van der Waals surface area contributed by atoms with Crippen LogP contribution < -0.4 is 4.90 Å². The van der Waals surface area contributed by atoms with Crippen LogP contribution in [0.25, 0.3) is 11.4 Å². The van der Waals surface area contributed by atoms with Gasteiger partial charge in [-0.05, 0) is 24.5 Å². The van der Waals surface area contributed by atoms with Crippen LogP contribution in [-0.4, -0.2) is 46.4 Å². The minimum atomic E-state index is -0.653. The van der Waals surface area contributed by atoms with Crippen LogP contribution >= 0.6 is 0 Å². The number of anilines is 1. The first-order chi connectivity index (χ1) is 14.5. The molecular formula is C24H24N4O2. The maximum Gasteiger partial charge on any atom is 0.272 e. The summed E-state index contributed by atoms with van der Waals surface area (Å²) >= 11 is 0. The third-order valence-corrected chi connectivity index (χ3v) is 6.51. The van der Waals surface area contributed by atoms with Gasteiger partial charge >= 0.3 is 0 Å². The normalized spacial score (nSPS) is 20.7. The fourth-order valence-corrected chi connectivity index (χ4v) is 4.97. The second-order valence-corrected chi connectivity index (χ2v) is 8.19. The number of nitrogens with zero attached hydrogens (tertiary/aromatic N) is 4. The van der Waals surface area contributed by atoms with Gasteiger partial charge in [-0.2, -0.15) is 0 Å². The fraction of sp³-hybridized carbons (Fsp3) is 0.292. The Morgan fingerprint density at radius 2 is 1.77 bits per heavy atom. The molecule has 2 aromatic carbocycles. The van der Waals surface area contributed by atoms with Crippen LogP contribution in [-0.2, 0) is 17.3 Å². The monoisotopic (exact) mass is 400 g/mol. The summed E-state index contributed by atoms with van der Waals surface area (Å²) in [5.74, 6) is 0.759. The molecule has 1 unspecified atom stereocenters.